The molecular formula is C13H20N2O4S. The molecule has 0 saturated heterocycles. The van der Waals surface area contributed by atoms with Crippen molar-refractivity contribution in [1.82, 2.24) is 9.62 Å². The zero-order valence-electron chi connectivity index (χ0n) is 11.9. The first-order valence-corrected chi connectivity index (χ1v) is 8.04. The van der Waals surface area contributed by atoms with Crippen LogP contribution in [0.3, 0.4) is 0 Å². The molecule has 0 radical (unpaired) electrons. The van der Waals surface area contributed by atoms with Crippen LogP contribution in [0.1, 0.15) is 18.5 Å². The van der Waals surface area contributed by atoms with E-state index in [1.54, 1.807) is 0 Å². The normalized spacial score (nSPS) is 13.0. The van der Waals surface area contributed by atoms with Gasteiger partial charge in [-0.15, -0.1) is 0 Å². The van der Waals surface area contributed by atoms with Gasteiger partial charge in [0.05, 0.1) is 13.4 Å². The molecule has 0 aliphatic heterocycles. The van der Waals surface area contributed by atoms with Gasteiger partial charge in [-0.3, -0.25) is 0 Å². The van der Waals surface area contributed by atoms with Gasteiger partial charge in [0.2, 0.25) is 10.0 Å². The smallest absolute Gasteiger partial charge is 0.406 e. The minimum absolute atomic E-state index is 0.185. The van der Waals surface area contributed by atoms with Crippen LogP contribution in [-0.2, 0) is 14.8 Å². The molecule has 1 amide bonds. The quantitative estimate of drug-likeness (QED) is 0.861. The number of nitrogens with one attached hydrogen (secondary N) is 1. The zero-order chi connectivity index (χ0) is 15.2. The second-order valence-electron chi connectivity index (χ2n) is 4.38. The van der Waals surface area contributed by atoms with E-state index in [0.29, 0.717) is 0 Å². The Morgan fingerprint density at radius 3 is 2.45 bits per heavy atom. The maximum Gasteiger partial charge on any atom is 0.406 e. The molecule has 20 heavy (non-hydrogen) atoms. The maximum atomic E-state index is 11.9. The van der Waals surface area contributed by atoms with Crippen molar-refractivity contribution in [2.45, 2.75) is 13.0 Å². The third kappa shape index (κ3) is 4.82. The summed E-state index contributed by atoms with van der Waals surface area (Å²) >= 11 is 0. The van der Waals surface area contributed by atoms with Crippen LogP contribution in [0.15, 0.2) is 30.3 Å². The van der Waals surface area contributed by atoms with E-state index in [0.717, 1.165) is 11.8 Å². The van der Waals surface area contributed by atoms with Crippen LogP contribution in [0.4, 0.5) is 4.79 Å². The van der Waals surface area contributed by atoms with Gasteiger partial charge in [-0.05, 0) is 12.5 Å². The molecule has 1 N–H and O–H groups in total. The van der Waals surface area contributed by atoms with Crippen molar-refractivity contribution < 1.29 is 17.9 Å². The van der Waals surface area contributed by atoms with E-state index in [4.69, 9.17) is 0 Å². The molecule has 1 aromatic carbocycles. The Hall–Kier alpha value is -1.60. The van der Waals surface area contributed by atoms with Crippen LogP contribution in [-0.4, -0.2) is 45.3 Å². The number of hydrogen-bond acceptors (Lipinski definition) is 4. The first-order chi connectivity index (χ1) is 9.36. The Labute approximate surface area is 119 Å². The number of carbonyl (C=O) groups excluding carboxylic acids is 1. The fourth-order valence-corrected chi connectivity index (χ4v) is 3.00. The van der Waals surface area contributed by atoms with Gasteiger partial charge in [-0.1, -0.05) is 30.3 Å². The highest BCUT2D eigenvalue weighted by atomic mass is 32.2. The number of hydrogen-bond donors (Lipinski definition) is 1. The Morgan fingerprint density at radius 2 is 1.95 bits per heavy atom. The van der Waals surface area contributed by atoms with E-state index in [9.17, 15) is 13.2 Å². The van der Waals surface area contributed by atoms with E-state index in [-0.39, 0.29) is 19.1 Å². The van der Waals surface area contributed by atoms with Crippen LogP contribution >= 0.6 is 0 Å². The monoisotopic (exact) mass is 300 g/mol. The number of sulfonamides is 1. The molecule has 1 aromatic rings. The Morgan fingerprint density at radius 1 is 1.35 bits per heavy atom. The third-order valence-corrected chi connectivity index (χ3v) is 4.28. The Bertz CT molecular complexity index is 531. The van der Waals surface area contributed by atoms with Crippen molar-refractivity contribution in [3.05, 3.63) is 35.9 Å². The number of rotatable bonds is 6. The lowest BCUT2D eigenvalue weighted by Crippen LogP contribution is -2.39. The number of benzene rings is 1. The summed E-state index contributed by atoms with van der Waals surface area (Å²) in [5.41, 5.74) is 0.899. The van der Waals surface area contributed by atoms with Crippen molar-refractivity contribution in [3.8, 4) is 0 Å². The van der Waals surface area contributed by atoms with Crippen molar-refractivity contribution >= 4 is 16.1 Å². The first-order valence-electron chi connectivity index (χ1n) is 6.20. The van der Waals surface area contributed by atoms with Crippen LogP contribution < -0.4 is 5.32 Å². The summed E-state index contributed by atoms with van der Waals surface area (Å²) in [5.74, 6) is 0. The molecule has 1 atom stereocenters. The summed E-state index contributed by atoms with van der Waals surface area (Å²) in [6.07, 6.45) is 0.579. The van der Waals surface area contributed by atoms with Gasteiger partial charge in [-0.25, -0.2) is 13.2 Å². The van der Waals surface area contributed by atoms with E-state index in [2.05, 4.69) is 10.1 Å². The molecule has 0 aliphatic carbocycles. The zero-order valence-corrected chi connectivity index (χ0v) is 12.7. The standard InChI is InChI=1S/C13H20N2O4S/c1-11(12-7-5-4-6-8-12)15(20(3,17)18)10-9-14-13(16)19-2/h4-8,11H,9-10H2,1-3H3,(H,14,16). The molecule has 1 rings (SSSR count). The highest BCUT2D eigenvalue weighted by Crippen LogP contribution is 2.21. The summed E-state index contributed by atoms with van der Waals surface area (Å²) < 4.78 is 29.5. The summed E-state index contributed by atoms with van der Waals surface area (Å²) in [7, 11) is -2.12. The van der Waals surface area contributed by atoms with E-state index >= 15 is 0 Å². The van der Waals surface area contributed by atoms with Gasteiger partial charge in [0.25, 0.3) is 0 Å². The van der Waals surface area contributed by atoms with E-state index in [1.807, 2.05) is 37.3 Å². The lowest BCUT2D eigenvalue weighted by Gasteiger charge is -2.27. The van der Waals surface area contributed by atoms with Crippen molar-refractivity contribution in [2.75, 3.05) is 26.5 Å². The van der Waals surface area contributed by atoms with E-state index < -0.39 is 16.1 Å². The van der Waals surface area contributed by atoms with Gasteiger partial charge in [0.1, 0.15) is 0 Å². The molecule has 6 nitrogen and oxygen atoms in total. The molecule has 112 valence electrons. The number of carbonyl (C=O) groups is 1. The van der Waals surface area contributed by atoms with Gasteiger partial charge < -0.3 is 10.1 Å². The van der Waals surface area contributed by atoms with E-state index in [1.165, 1.54) is 11.4 Å². The van der Waals surface area contributed by atoms with Gasteiger partial charge in [0.15, 0.2) is 0 Å². The number of methoxy groups -OCH3 is 1. The molecule has 0 saturated carbocycles. The summed E-state index contributed by atoms with van der Waals surface area (Å²) in [5, 5.41) is 2.47. The number of ether oxygens (including phenoxy) is 1. The molecule has 1 unspecified atom stereocenters. The number of nitrogens with zero attached hydrogens (tertiary/aromatic N) is 1. The van der Waals surface area contributed by atoms with Crippen molar-refractivity contribution in [3.63, 3.8) is 0 Å². The lowest BCUT2D eigenvalue weighted by molar-refractivity contribution is 0.170. The summed E-state index contributed by atoms with van der Waals surface area (Å²) in [6, 6.07) is 9.04. The maximum absolute atomic E-state index is 11.9. The van der Waals surface area contributed by atoms with Crippen LogP contribution in [0.25, 0.3) is 0 Å². The SMILES string of the molecule is COC(=O)NCCN(C(C)c1ccccc1)S(C)(=O)=O. The predicted molar refractivity (Wildman–Crippen MR) is 76.8 cm³/mol. The second kappa shape index (κ2) is 7.25. The summed E-state index contributed by atoms with van der Waals surface area (Å²) in [6.45, 7) is 2.19. The number of alkyl carbamates (subject to hydrolysis) is 1. The predicted octanol–water partition coefficient (Wildman–Crippen LogP) is 1.37. The molecule has 0 bridgehead atoms. The fourth-order valence-electron chi connectivity index (χ4n) is 1.88. The van der Waals surface area contributed by atoms with Crippen LogP contribution in [0, 0.1) is 0 Å². The van der Waals surface area contributed by atoms with Gasteiger partial charge >= 0.3 is 6.09 Å². The molecule has 0 aromatic heterocycles. The average Bonchev–Trinajstić information content (AvgIpc) is 2.42. The number of amides is 1. The van der Waals surface area contributed by atoms with Crippen LogP contribution in [0.5, 0.6) is 0 Å². The molecule has 0 heterocycles. The van der Waals surface area contributed by atoms with Crippen LogP contribution in [0.2, 0.25) is 0 Å². The van der Waals surface area contributed by atoms with Crippen molar-refractivity contribution in [1.29, 1.82) is 0 Å². The summed E-state index contributed by atoms with van der Waals surface area (Å²) in [4.78, 5) is 11.0. The molecular weight excluding hydrogens is 280 g/mol. The topological polar surface area (TPSA) is 75.7 Å². The third-order valence-electron chi connectivity index (χ3n) is 2.93. The molecule has 0 spiro atoms. The molecule has 7 heteroatoms. The average molecular weight is 300 g/mol. The highest BCUT2D eigenvalue weighted by molar-refractivity contribution is 7.88. The largest absolute Gasteiger partial charge is 0.453 e. The highest BCUT2D eigenvalue weighted by Gasteiger charge is 2.24. The first kappa shape index (κ1) is 16.5. The minimum Gasteiger partial charge on any atom is -0.453 e. The Kier molecular flexibility index (Phi) is 5.97. The second-order valence-corrected chi connectivity index (χ2v) is 6.31. The van der Waals surface area contributed by atoms with Crippen molar-refractivity contribution in [2.24, 2.45) is 0 Å². The minimum atomic E-state index is -3.38. The molecule has 0 fully saturated rings. The molecule has 0 aliphatic rings. The fraction of sp³-hybridized carbons (Fsp3) is 0.462. The Balaban J connectivity index is 2.78. The van der Waals surface area contributed by atoms with Gasteiger partial charge in [-0.2, -0.15) is 4.31 Å². The lowest BCUT2D eigenvalue weighted by atomic mass is 10.1. The van der Waals surface area contributed by atoms with Gasteiger partial charge in [0, 0.05) is 19.1 Å².